The highest BCUT2D eigenvalue weighted by molar-refractivity contribution is 6.32. The second-order valence-corrected chi connectivity index (χ2v) is 8.35. The summed E-state index contributed by atoms with van der Waals surface area (Å²) in [6, 6.07) is 27.3. The smallest absolute Gasteiger partial charge is 0.280 e. The van der Waals surface area contributed by atoms with Crippen molar-refractivity contribution in [1.82, 2.24) is 4.57 Å². The minimum Gasteiger partial charge on any atom is -0.389 e. The number of hydrogen-bond acceptors (Lipinski definition) is 4. The summed E-state index contributed by atoms with van der Waals surface area (Å²) in [6.07, 6.45) is 3.31. The predicted octanol–water partition coefficient (Wildman–Crippen LogP) is 4.92. The number of hydrogen-bond donors (Lipinski definition) is 2. The molecule has 1 atom stereocenters. The van der Waals surface area contributed by atoms with Crippen LogP contribution in [0, 0.1) is 0 Å². The number of benzene rings is 3. The molecule has 0 fully saturated rings. The quantitative estimate of drug-likeness (QED) is 0.393. The van der Waals surface area contributed by atoms with Crippen molar-refractivity contribution < 1.29 is 9.90 Å². The van der Waals surface area contributed by atoms with E-state index in [9.17, 15) is 9.90 Å². The van der Waals surface area contributed by atoms with Gasteiger partial charge in [-0.1, -0.05) is 54.6 Å². The van der Waals surface area contributed by atoms with Crippen LogP contribution in [0.15, 0.2) is 102 Å². The van der Waals surface area contributed by atoms with Gasteiger partial charge >= 0.3 is 0 Å². The molecule has 2 heterocycles. The molecule has 5 rings (SSSR count). The van der Waals surface area contributed by atoms with Crippen LogP contribution in [-0.2, 0) is 11.3 Å². The van der Waals surface area contributed by atoms with Gasteiger partial charge in [0.2, 0.25) is 0 Å². The Morgan fingerprint density at radius 2 is 1.65 bits per heavy atom. The summed E-state index contributed by atoms with van der Waals surface area (Å²) in [6.45, 7) is 2.72. The molecule has 4 aromatic rings. The molecule has 1 aliphatic heterocycles. The lowest BCUT2D eigenvalue weighted by atomic mass is 10.1. The normalized spacial score (nSPS) is 15.7. The van der Waals surface area contributed by atoms with Gasteiger partial charge in [-0.05, 0) is 43.3 Å². The summed E-state index contributed by atoms with van der Waals surface area (Å²) >= 11 is 0. The highest BCUT2D eigenvalue weighted by atomic mass is 16.3. The molecule has 1 amide bonds. The first-order chi connectivity index (χ1) is 16.6. The van der Waals surface area contributed by atoms with Crippen molar-refractivity contribution in [3.63, 3.8) is 0 Å². The van der Waals surface area contributed by atoms with Crippen molar-refractivity contribution in [2.45, 2.75) is 19.6 Å². The molecule has 0 radical (unpaired) electrons. The lowest BCUT2D eigenvalue weighted by Crippen LogP contribution is -2.24. The Kier molecular flexibility index (Phi) is 5.97. The number of carbonyl (C=O) groups excluding carboxylic acids is 1. The fraction of sp³-hybridized carbons (Fsp3) is 0.143. The summed E-state index contributed by atoms with van der Waals surface area (Å²) < 4.78 is 2.04. The fourth-order valence-electron chi connectivity index (χ4n) is 4.21. The first-order valence-electron chi connectivity index (χ1n) is 11.3. The van der Waals surface area contributed by atoms with E-state index in [0.717, 1.165) is 27.8 Å². The Morgan fingerprint density at radius 1 is 0.971 bits per heavy atom. The number of amides is 1. The summed E-state index contributed by atoms with van der Waals surface area (Å²) in [5, 5.41) is 20.9. The van der Waals surface area contributed by atoms with Gasteiger partial charge in [-0.15, -0.1) is 0 Å². The van der Waals surface area contributed by atoms with Crippen LogP contribution in [0.2, 0.25) is 0 Å². The topological polar surface area (TPSA) is 69.9 Å². The van der Waals surface area contributed by atoms with Crippen LogP contribution in [0.4, 0.5) is 11.4 Å². The Hall–Kier alpha value is -4.16. The highest BCUT2D eigenvalue weighted by Crippen LogP contribution is 2.28. The number of nitrogens with one attached hydrogen (secondary N) is 1. The van der Waals surface area contributed by atoms with Gasteiger partial charge < -0.3 is 15.0 Å². The lowest BCUT2D eigenvalue weighted by Gasteiger charge is -2.14. The van der Waals surface area contributed by atoms with Crippen LogP contribution >= 0.6 is 0 Å². The van der Waals surface area contributed by atoms with Crippen LogP contribution < -0.4 is 10.3 Å². The maximum Gasteiger partial charge on any atom is 0.280 e. The number of aromatic nitrogens is 1. The fourth-order valence-corrected chi connectivity index (χ4v) is 4.21. The molecule has 6 nitrogen and oxygen atoms in total. The second kappa shape index (κ2) is 9.37. The molecule has 0 saturated heterocycles. The number of carbonyl (C=O) groups is 1. The van der Waals surface area contributed by atoms with Crippen LogP contribution in [0.1, 0.15) is 12.5 Å². The van der Waals surface area contributed by atoms with Crippen LogP contribution in [0.5, 0.6) is 0 Å². The van der Waals surface area contributed by atoms with Gasteiger partial charge in [-0.25, -0.2) is 0 Å². The van der Waals surface area contributed by atoms with E-state index in [1.807, 2.05) is 109 Å². The zero-order valence-electron chi connectivity index (χ0n) is 18.9. The number of para-hydroxylation sites is 3. The van der Waals surface area contributed by atoms with Crippen molar-refractivity contribution >= 4 is 40.0 Å². The number of nitrogens with zero attached hydrogens (tertiary/aromatic N) is 3. The summed E-state index contributed by atoms with van der Waals surface area (Å²) in [4.78, 5) is 13.1. The number of hydrazone groups is 1. The predicted molar refractivity (Wildman–Crippen MR) is 138 cm³/mol. The van der Waals surface area contributed by atoms with Gasteiger partial charge in [0.1, 0.15) is 0 Å². The zero-order valence-corrected chi connectivity index (χ0v) is 18.9. The van der Waals surface area contributed by atoms with E-state index in [1.54, 1.807) is 0 Å². The van der Waals surface area contributed by atoms with Gasteiger partial charge in [-0.2, -0.15) is 10.1 Å². The number of rotatable bonds is 7. The van der Waals surface area contributed by atoms with Crippen molar-refractivity contribution in [1.29, 1.82) is 0 Å². The summed E-state index contributed by atoms with van der Waals surface area (Å²) in [5.74, 6) is -0.146. The standard InChI is InChI=1S/C28H26N4O2/c1-20-26(28(34)32(30-20)23-12-6-3-7-13-23)16-21-18-31(27-15-9-8-14-25(21)27)19-24(33)17-29-22-10-4-2-5-11-22/h2-16,18,24,29,33H,17,19H2,1H3/b26-16+. The van der Waals surface area contributed by atoms with Gasteiger partial charge in [0, 0.05) is 34.9 Å². The molecule has 1 aromatic heterocycles. The third kappa shape index (κ3) is 4.36. The van der Waals surface area contributed by atoms with E-state index in [-0.39, 0.29) is 5.91 Å². The Bertz CT molecular complexity index is 1370. The highest BCUT2D eigenvalue weighted by Gasteiger charge is 2.29. The summed E-state index contributed by atoms with van der Waals surface area (Å²) in [5.41, 5.74) is 4.89. The molecule has 34 heavy (non-hydrogen) atoms. The SMILES string of the molecule is CC1=NN(c2ccccc2)C(=O)/C1=C/c1cn(CC(O)CNc2ccccc2)c2ccccc12. The van der Waals surface area contributed by atoms with Crippen LogP contribution in [-0.4, -0.2) is 33.9 Å². The molecular formula is C28H26N4O2. The molecule has 1 aliphatic rings. The maximum atomic E-state index is 13.1. The second-order valence-electron chi connectivity index (χ2n) is 8.35. The van der Waals surface area contributed by atoms with Crippen molar-refractivity contribution in [2.24, 2.45) is 5.10 Å². The van der Waals surface area contributed by atoms with Crippen molar-refractivity contribution in [2.75, 3.05) is 16.9 Å². The Labute approximate surface area is 198 Å². The van der Waals surface area contributed by atoms with Gasteiger partial charge in [-0.3, -0.25) is 4.79 Å². The van der Waals surface area contributed by atoms with Crippen molar-refractivity contribution in [3.8, 4) is 0 Å². The first-order valence-corrected chi connectivity index (χ1v) is 11.3. The number of anilines is 2. The third-order valence-corrected chi connectivity index (χ3v) is 5.91. The Morgan fingerprint density at radius 3 is 2.41 bits per heavy atom. The lowest BCUT2D eigenvalue weighted by molar-refractivity contribution is -0.114. The number of aliphatic hydroxyl groups is 1. The molecule has 170 valence electrons. The van der Waals surface area contributed by atoms with E-state index in [4.69, 9.17) is 0 Å². The molecule has 6 heteroatoms. The molecule has 0 spiro atoms. The van der Waals surface area contributed by atoms with Gasteiger partial charge in [0.25, 0.3) is 5.91 Å². The summed E-state index contributed by atoms with van der Waals surface area (Å²) in [7, 11) is 0. The molecule has 0 bridgehead atoms. The largest absolute Gasteiger partial charge is 0.389 e. The van der Waals surface area contributed by atoms with Gasteiger partial charge in [0.05, 0.1) is 29.6 Å². The minimum absolute atomic E-state index is 0.146. The maximum absolute atomic E-state index is 13.1. The van der Waals surface area contributed by atoms with Crippen LogP contribution in [0.25, 0.3) is 17.0 Å². The molecule has 0 aliphatic carbocycles. The molecule has 1 unspecified atom stereocenters. The van der Waals surface area contributed by atoms with E-state index in [2.05, 4.69) is 10.4 Å². The monoisotopic (exact) mass is 450 g/mol. The molecular weight excluding hydrogens is 424 g/mol. The number of fused-ring (bicyclic) bond motifs is 1. The molecule has 0 saturated carbocycles. The van der Waals surface area contributed by atoms with E-state index in [1.165, 1.54) is 5.01 Å². The van der Waals surface area contributed by atoms with Crippen molar-refractivity contribution in [3.05, 3.63) is 102 Å². The third-order valence-electron chi connectivity index (χ3n) is 5.91. The van der Waals surface area contributed by atoms with Crippen LogP contribution in [0.3, 0.4) is 0 Å². The molecule has 3 aromatic carbocycles. The van der Waals surface area contributed by atoms with E-state index >= 15 is 0 Å². The first kappa shape index (κ1) is 21.7. The molecule has 2 N–H and O–H groups in total. The van der Waals surface area contributed by atoms with E-state index in [0.29, 0.717) is 24.4 Å². The Balaban J connectivity index is 1.40. The average Bonchev–Trinajstić information content (AvgIpc) is 3.36. The average molecular weight is 451 g/mol. The van der Waals surface area contributed by atoms with E-state index < -0.39 is 6.10 Å². The van der Waals surface area contributed by atoms with Gasteiger partial charge in [0.15, 0.2) is 0 Å². The number of aliphatic hydroxyl groups excluding tert-OH is 1. The zero-order chi connectivity index (χ0) is 23.5. The minimum atomic E-state index is -0.582.